The second kappa shape index (κ2) is 12.9. The largest absolute Gasteiger partial charge is 0.352 e. The van der Waals surface area contributed by atoms with Crippen molar-refractivity contribution in [2.24, 2.45) is 0 Å². The van der Waals surface area contributed by atoms with Crippen molar-refractivity contribution in [3.05, 3.63) is 95.3 Å². The third kappa shape index (κ3) is 7.11. The van der Waals surface area contributed by atoms with Crippen LogP contribution in [0.15, 0.2) is 83.8 Å². The van der Waals surface area contributed by atoms with Gasteiger partial charge in [-0.1, -0.05) is 61.0 Å². The number of hydrogen-bond donors (Lipinski definition) is 1. The molecule has 3 rings (SSSR count). The Morgan fingerprint density at radius 1 is 0.974 bits per heavy atom. The Balaban J connectivity index is 2.03. The number of nitrogens with one attached hydrogen (secondary N) is 1. The molecule has 0 heterocycles. The molecule has 202 valence electrons. The monoisotopic (exact) mass is 559 g/mol. The zero-order chi connectivity index (χ0) is 27.9. The first-order chi connectivity index (χ1) is 18.0. The molecule has 3 aromatic rings. The molecule has 0 radical (unpaired) electrons. The van der Waals surface area contributed by atoms with Gasteiger partial charge in [0.1, 0.15) is 18.4 Å². The maximum absolute atomic E-state index is 14.9. The molecule has 0 aliphatic carbocycles. The molecule has 0 bridgehead atoms. The number of sulfonamides is 1. The van der Waals surface area contributed by atoms with Crippen molar-refractivity contribution >= 4 is 39.1 Å². The summed E-state index contributed by atoms with van der Waals surface area (Å²) in [6.45, 7) is 4.61. The summed E-state index contributed by atoms with van der Waals surface area (Å²) in [7, 11) is -4.33. The predicted molar refractivity (Wildman–Crippen MR) is 147 cm³/mol. The standard InChI is InChI=1S/C28H31ClFN3O4S/c1-4-20(2)31-28(35)21(3)32(18-22-11-10-12-23(29)17-22)27(34)19-33(26-16-9-8-15-25(26)30)38(36,37)24-13-6-5-7-14-24/h5-17,20-21H,4,18-19H2,1-3H3,(H,31,35)/t20-,21-/m0/s1. The summed E-state index contributed by atoms with van der Waals surface area (Å²) in [6, 6.07) is 18.6. The van der Waals surface area contributed by atoms with Crippen LogP contribution in [0.1, 0.15) is 32.8 Å². The van der Waals surface area contributed by atoms with Crippen LogP contribution in [0, 0.1) is 5.82 Å². The Hall–Kier alpha value is -3.43. The minimum Gasteiger partial charge on any atom is -0.352 e. The Morgan fingerprint density at radius 2 is 1.63 bits per heavy atom. The summed E-state index contributed by atoms with van der Waals surface area (Å²) in [5, 5.41) is 3.31. The average Bonchev–Trinajstić information content (AvgIpc) is 2.90. The molecule has 2 atom stereocenters. The molecule has 0 fully saturated rings. The number of nitrogens with zero attached hydrogens (tertiary/aromatic N) is 2. The fourth-order valence-corrected chi connectivity index (χ4v) is 5.42. The van der Waals surface area contributed by atoms with Crippen molar-refractivity contribution < 1.29 is 22.4 Å². The van der Waals surface area contributed by atoms with Gasteiger partial charge in [0.2, 0.25) is 11.8 Å². The van der Waals surface area contributed by atoms with Gasteiger partial charge in [0.15, 0.2) is 0 Å². The number of hydrogen-bond acceptors (Lipinski definition) is 4. The van der Waals surface area contributed by atoms with Gasteiger partial charge in [0.25, 0.3) is 10.0 Å². The molecular weight excluding hydrogens is 529 g/mol. The van der Waals surface area contributed by atoms with E-state index in [1.165, 1.54) is 35.2 Å². The van der Waals surface area contributed by atoms with Crippen LogP contribution in [0.3, 0.4) is 0 Å². The normalized spacial score (nSPS) is 12.9. The molecule has 1 N–H and O–H groups in total. The summed E-state index contributed by atoms with van der Waals surface area (Å²) in [6.07, 6.45) is 0.692. The van der Waals surface area contributed by atoms with Gasteiger partial charge >= 0.3 is 0 Å². The van der Waals surface area contributed by atoms with Crippen LogP contribution in [-0.2, 0) is 26.2 Å². The lowest BCUT2D eigenvalue weighted by Gasteiger charge is -2.32. The molecule has 3 aromatic carbocycles. The van der Waals surface area contributed by atoms with Crippen molar-refractivity contribution in [1.29, 1.82) is 0 Å². The molecule has 0 saturated heterocycles. The lowest BCUT2D eigenvalue weighted by atomic mass is 10.1. The lowest BCUT2D eigenvalue weighted by molar-refractivity contribution is -0.139. The zero-order valence-electron chi connectivity index (χ0n) is 21.5. The summed E-state index contributed by atoms with van der Waals surface area (Å²) in [5.41, 5.74) is 0.376. The first kappa shape index (κ1) is 29.1. The Morgan fingerprint density at radius 3 is 2.26 bits per heavy atom. The highest BCUT2D eigenvalue weighted by Crippen LogP contribution is 2.27. The lowest BCUT2D eigenvalue weighted by Crippen LogP contribution is -2.52. The number of benzene rings is 3. The summed E-state index contributed by atoms with van der Waals surface area (Å²) < 4.78 is 42.9. The molecule has 0 saturated carbocycles. The van der Waals surface area contributed by atoms with Gasteiger partial charge < -0.3 is 10.2 Å². The predicted octanol–water partition coefficient (Wildman–Crippen LogP) is 5.01. The molecule has 38 heavy (non-hydrogen) atoms. The molecule has 2 amide bonds. The maximum atomic E-state index is 14.9. The molecule has 0 aliphatic heterocycles. The van der Waals surface area contributed by atoms with Gasteiger partial charge in [-0.3, -0.25) is 13.9 Å². The fraction of sp³-hybridized carbons (Fsp3) is 0.286. The van der Waals surface area contributed by atoms with Crippen LogP contribution in [-0.4, -0.2) is 43.8 Å². The minimum absolute atomic E-state index is 0.00895. The zero-order valence-corrected chi connectivity index (χ0v) is 23.0. The number of anilines is 1. The maximum Gasteiger partial charge on any atom is 0.264 e. The van der Waals surface area contributed by atoms with E-state index >= 15 is 0 Å². The van der Waals surface area contributed by atoms with E-state index < -0.39 is 40.2 Å². The van der Waals surface area contributed by atoms with E-state index in [0.717, 1.165) is 10.4 Å². The van der Waals surface area contributed by atoms with Gasteiger partial charge in [-0.25, -0.2) is 12.8 Å². The Labute approximate surface area is 228 Å². The number of para-hydroxylation sites is 1. The Bertz CT molecular complexity index is 1370. The van der Waals surface area contributed by atoms with Crippen molar-refractivity contribution in [2.45, 2.75) is 50.7 Å². The number of rotatable bonds is 11. The molecule has 0 aromatic heterocycles. The second-order valence-corrected chi connectivity index (χ2v) is 11.2. The summed E-state index contributed by atoms with van der Waals surface area (Å²) in [4.78, 5) is 28.0. The van der Waals surface area contributed by atoms with Crippen LogP contribution in [0.2, 0.25) is 5.02 Å². The van der Waals surface area contributed by atoms with E-state index in [0.29, 0.717) is 17.0 Å². The highest BCUT2D eigenvalue weighted by molar-refractivity contribution is 7.92. The van der Waals surface area contributed by atoms with E-state index in [4.69, 9.17) is 11.6 Å². The fourth-order valence-electron chi connectivity index (χ4n) is 3.77. The van der Waals surface area contributed by atoms with E-state index in [1.807, 2.05) is 13.8 Å². The van der Waals surface area contributed by atoms with E-state index in [9.17, 15) is 22.4 Å². The second-order valence-electron chi connectivity index (χ2n) is 8.92. The first-order valence-corrected chi connectivity index (χ1v) is 14.0. The van der Waals surface area contributed by atoms with Gasteiger partial charge in [0.05, 0.1) is 10.6 Å². The number of carbonyl (C=O) groups is 2. The SMILES string of the molecule is CC[C@H](C)NC(=O)[C@H](C)N(Cc1cccc(Cl)c1)C(=O)CN(c1ccccc1F)S(=O)(=O)c1ccccc1. The van der Waals surface area contributed by atoms with Gasteiger partial charge in [-0.05, 0) is 62.2 Å². The quantitative estimate of drug-likeness (QED) is 0.358. The van der Waals surface area contributed by atoms with Crippen LogP contribution in [0.5, 0.6) is 0 Å². The van der Waals surface area contributed by atoms with E-state index in [-0.39, 0.29) is 23.2 Å². The third-order valence-electron chi connectivity index (χ3n) is 6.14. The van der Waals surface area contributed by atoms with Crippen molar-refractivity contribution in [3.63, 3.8) is 0 Å². The topological polar surface area (TPSA) is 86.8 Å². The third-order valence-corrected chi connectivity index (χ3v) is 8.15. The molecular formula is C28H31ClFN3O4S. The molecule has 0 aliphatic rings. The van der Waals surface area contributed by atoms with Gasteiger partial charge in [-0.2, -0.15) is 0 Å². The molecule has 0 spiro atoms. The first-order valence-electron chi connectivity index (χ1n) is 12.2. The highest BCUT2D eigenvalue weighted by Gasteiger charge is 2.33. The minimum atomic E-state index is -4.33. The van der Waals surface area contributed by atoms with E-state index in [2.05, 4.69) is 5.32 Å². The van der Waals surface area contributed by atoms with Crippen LogP contribution in [0.4, 0.5) is 10.1 Å². The highest BCUT2D eigenvalue weighted by atomic mass is 35.5. The van der Waals surface area contributed by atoms with Crippen molar-refractivity contribution in [2.75, 3.05) is 10.8 Å². The molecule has 0 unspecified atom stereocenters. The van der Waals surface area contributed by atoms with E-state index in [1.54, 1.807) is 49.4 Å². The number of amides is 2. The van der Waals surface area contributed by atoms with Crippen LogP contribution in [0.25, 0.3) is 0 Å². The van der Waals surface area contributed by atoms with Gasteiger partial charge in [-0.15, -0.1) is 0 Å². The van der Waals surface area contributed by atoms with Crippen LogP contribution >= 0.6 is 11.6 Å². The summed E-state index contributed by atoms with van der Waals surface area (Å²) in [5.74, 6) is -1.87. The number of carbonyl (C=O) groups excluding carboxylic acids is 2. The van der Waals surface area contributed by atoms with Crippen molar-refractivity contribution in [1.82, 2.24) is 10.2 Å². The average molecular weight is 560 g/mol. The van der Waals surface area contributed by atoms with Crippen LogP contribution < -0.4 is 9.62 Å². The molecule has 7 nitrogen and oxygen atoms in total. The molecule has 10 heteroatoms. The van der Waals surface area contributed by atoms with Crippen molar-refractivity contribution in [3.8, 4) is 0 Å². The smallest absolute Gasteiger partial charge is 0.264 e. The van der Waals surface area contributed by atoms with Gasteiger partial charge in [0, 0.05) is 17.6 Å². The summed E-state index contributed by atoms with van der Waals surface area (Å²) >= 11 is 6.14. The Kier molecular flexibility index (Phi) is 9.88. The number of halogens is 2.